The van der Waals surface area contributed by atoms with Crippen molar-refractivity contribution in [1.29, 1.82) is 0 Å². The van der Waals surface area contributed by atoms with E-state index in [1.165, 1.54) is 25.3 Å². The van der Waals surface area contributed by atoms with Gasteiger partial charge in [0.2, 0.25) is 11.8 Å². The molecule has 7 nitrogen and oxygen atoms in total. The number of hydrogen-bond donors (Lipinski definition) is 1. The maximum atomic E-state index is 13.1. The number of anilines is 1. The molecular weight excluding hydrogens is 392 g/mol. The van der Waals surface area contributed by atoms with E-state index in [1.807, 2.05) is 19.1 Å². The van der Waals surface area contributed by atoms with E-state index in [-0.39, 0.29) is 17.7 Å². The Balaban J connectivity index is 1.87. The summed E-state index contributed by atoms with van der Waals surface area (Å²) in [6.45, 7) is 3.75. The zero-order valence-corrected chi connectivity index (χ0v) is 17.5. The number of hydrogen-bond acceptors (Lipinski definition) is 5. The summed E-state index contributed by atoms with van der Waals surface area (Å²) in [4.78, 5) is 25.1. The first kappa shape index (κ1) is 20.9. The molecule has 1 fully saturated rings. The minimum absolute atomic E-state index is 0.00122. The van der Waals surface area contributed by atoms with Gasteiger partial charge in [-0.3, -0.25) is 9.59 Å². The van der Waals surface area contributed by atoms with Crippen molar-refractivity contribution in [3.05, 3.63) is 53.6 Å². The number of carbonyl (C=O) groups excluding carboxylic acids is 2. The van der Waals surface area contributed by atoms with Gasteiger partial charge in [0, 0.05) is 12.1 Å². The van der Waals surface area contributed by atoms with Crippen LogP contribution >= 0.6 is 0 Å². The van der Waals surface area contributed by atoms with Crippen LogP contribution in [0.2, 0.25) is 0 Å². The highest BCUT2D eigenvalue weighted by Gasteiger charge is 2.44. The van der Waals surface area contributed by atoms with Gasteiger partial charge in [0.15, 0.2) is 0 Å². The fourth-order valence-electron chi connectivity index (χ4n) is 3.37. The number of amides is 2. The van der Waals surface area contributed by atoms with E-state index in [9.17, 15) is 18.0 Å². The molecule has 1 aliphatic rings. The zero-order valence-electron chi connectivity index (χ0n) is 16.6. The van der Waals surface area contributed by atoms with Gasteiger partial charge in [-0.25, -0.2) is 12.7 Å². The molecule has 0 spiro atoms. The van der Waals surface area contributed by atoms with E-state index >= 15 is 0 Å². The number of benzene rings is 2. The number of carbonyl (C=O) groups is 2. The molecule has 3 rings (SSSR count). The third-order valence-corrected chi connectivity index (χ3v) is 6.84. The number of methoxy groups -OCH3 is 1. The maximum absolute atomic E-state index is 13.1. The van der Waals surface area contributed by atoms with Crippen LogP contribution in [0.25, 0.3) is 0 Å². The number of rotatable bonds is 6. The van der Waals surface area contributed by atoms with Crippen LogP contribution in [0, 0.1) is 6.92 Å². The van der Waals surface area contributed by atoms with Gasteiger partial charge in [-0.15, -0.1) is 0 Å². The van der Waals surface area contributed by atoms with Gasteiger partial charge in [-0.1, -0.05) is 19.1 Å². The monoisotopic (exact) mass is 416 g/mol. The lowest BCUT2D eigenvalue weighted by Crippen LogP contribution is -2.45. The molecule has 1 atom stereocenters. The number of sulfonamides is 1. The number of nitrogens with one attached hydrogen (secondary N) is 1. The Labute approximate surface area is 170 Å². The molecule has 0 aromatic heterocycles. The molecule has 1 aliphatic heterocycles. The highest BCUT2D eigenvalue weighted by Crippen LogP contribution is 2.30. The van der Waals surface area contributed by atoms with E-state index in [0.717, 1.165) is 12.0 Å². The second-order valence-electron chi connectivity index (χ2n) is 6.92. The molecular formula is C21H24N2O5S. The van der Waals surface area contributed by atoms with Crippen LogP contribution in [-0.4, -0.2) is 37.7 Å². The van der Waals surface area contributed by atoms with Crippen LogP contribution in [0.1, 0.15) is 30.9 Å². The van der Waals surface area contributed by atoms with Crippen molar-refractivity contribution >= 4 is 27.5 Å². The summed E-state index contributed by atoms with van der Waals surface area (Å²) in [7, 11) is -2.67. The van der Waals surface area contributed by atoms with E-state index in [2.05, 4.69) is 5.32 Å². The lowest BCUT2D eigenvalue weighted by molar-refractivity contribution is -0.128. The molecule has 0 unspecified atom stereocenters. The van der Waals surface area contributed by atoms with E-state index in [4.69, 9.17) is 4.74 Å². The first-order chi connectivity index (χ1) is 13.8. The van der Waals surface area contributed by atoms with Crippen LogP contribution in [0.15, 0.2) is 47.4 Å². The van der Waals surface area contributed by atoms with Crippen LogP contribution < -0.4 is 10.1 Å². The number of nitrogens with zero attached hydrogens (tertiary/aromatic N) is 1. The van der Waals surface area contributed by atoms with Gasteiger partial charge in [0.25, 0.3) is 10.0 Å². The molecule has 2 aromatic rings. The predicted molar refractivity (Wildman–Crippen MR) is 109 cm³/mol. The Bertz CT molecular complexity index is 1030. The molecule has 29 heavy (non-hydrogen) atoms. The normalized spacial score (nSPS) is 16.7. The van der Waals surface area contributed by atoms with Gasteiger partial charge in [0.05, 0.1) is 12.0 Å². The Morgan fingerprint density at radius 1 is 1.21 bits per heavy atom. The lowest BCUT2D eigenvalue weighted by atomic mass is 10.1. The third kappa shape index (κ3) is 4.12. The Kier molecular flexibility index (Phi) is 5.93. The van der Waals surface area contributed by atoms with Crippen molar-refractivity contribution < 1.29 is 22.7 Å². The van der Waals surface area contributed by atoms with Gasteiger partial charge in [0.1, 0.15) is 11.8 Å². The highest BCUT2D eigenvalue weighted by atomic mass is 32.2. The summed E-state index contributed by atoms with van der Waals surface area (Å²) < 4.78 is 32.1. The lowest BCUT2D eigenvalue weighted by Gasteiger charge is -2.24. The molecule has 0 bridgehead atoms. The molecule has 2 amide bonds. The summed E-state index contributed by atoms with van der Waals surface area (Å²) in [5.41, 5.74) is 2.31. The van der Waals surface area contributed by atoms with Crippen LogP contribution in [0.4, 0.5) is 5.69 Å². The van der Waals surface area contributed by atoms with E-state index in [0.29, 0.717) is 21.3 Å². The third-order valence-electron chi connectivity index (χ3n) is 5.02. The second-order valence-corrected chi connectivity index (χ2v) is 8.74. The van der Waals surface area contributed by atoms with Gasteiger partial charge >= 0.3 is 0 Å². The van der Waals surface area contributed by atoms with Gasteiger partial charge < -0.3 is 10.1 Å². The summed E-state index contributed by atoms with van der Waals surface area (Å²) in [5, 5.41) is 2.72. The van der Waals surface area contributed by atoms with Crippen LogP contribution in [0.5, 0.6) is 5.75 Å². The smallest absolute Gasteiger partial charge is 0.267 e. The molecule has 1 saturated heterocycles. The Morgan fingerprint density at radius 2 is 1.90 bits per heavy atom. The van der Waals surface area contributed by atoms with Crippen molar-refractivity contribution in [2.75, 3.05) is 12.4 Å². The van der Waals surface area contributed by atoms with Gasteiger partial charge in [-0.05, 0) is 61.2 Å². The average molecular weight is 416 g/mol. The highest BCUT2D eigenvalue weighted by molar-refractivity contribution is 7.89. The zero-order chi connectivity index (χ0) is 21.2. The summed E-state index contributed by atoms with van der Waals surface area (Å²) in [5.74, 6) is -0.560. The fraction of sp³-hybridized carbons (Fsp3) is 0.333. The second kappa shape index (κ2) is 8.24. The average Bonchev–Trinajstić information content (AvgIpc) is 3.11. The van der Waals surface area contributed by atoms with Gasteiger partial charge in [-0.2, -0.15) is 0 Å². The fourth-order valence-corrected chi connectivity index (χ4v) is 5.06. The first-order valence-corrected chi connectivity index (χ1v) is 10.8. The topological polar surface area (TPSA) is 92.8 Å². The van der Waals surface area contributed by atoms with Crippen molar-refractivity contribution in [1.82, 2.24) is 4.31 Å². The van der Waals surface area contributed by atoms with E-state index in [1.54, 1.807) is 19.1 Å². The number of ether oxygens (including phenoxy) is 1. The minimum atomic E-state index is -4.17. The van der Waals surface area contributed by atoms with Crippen molar-refractivity contribution in [3.8, 4) is 5.75 Å². The molecule has 1 heterocycles. The SMILES string of the molecule is CCc1ccc(NC(=O)[C@@H]2CCC(=O)N2S(=O)(=O)c2ccc(OC)c(C)c2)cc1. The largest absolute Gasteiger partial charge is 0.496 e. The van der Waals surface area contributed by atoms with Crippen molar-refractivity contribution in [3.63, 3.8) is 0 Å². The van der Waals surface area contributed by atoms with Crippen LogP contribution in [-0.2, 0) is 26.0 Å². The molecule has 2 aromatic carbocycles. The quantitative estimate of drug-likeness (QED) is 0.782. The van der Waals surface area contributed by atoms with Crippen molar-refractivity contribution in [2.45, 2.75) is 44.0 Å². The summed E-state index contributed by atoms with van der Waals surface area (Å²) >= 11 is 0. The molecule has 8 heteroatoms. The summed E-state index contributed by atoms with van der Waals surface area (Å²) in [6.07, 6.45) is 1.02. The Morgan fingerprint density at radius 3 is 2.48 bits per heavy atom. The Hall–Kier alpha value is -2.87. The molecule has 0 radical (unpaired) electrons. The minimum Gasteiger partial charge on any atom is -0.496 e. The maximum Gasteiger partial charge on any atom is 0.267 e. The van der Waals surface area contributed by atoms with E-state index < -0.39 is 27.9 Å². The van der Waals surface area contributed by atoms with Crippen LogP contribution in [0.3, 0.4) is 0 Å². The predicted octanol–water partition coefficient (Wildman–Crippen LogP) is 2.88. The number of aryl methyl sites for hydroxylation is 2. The molecule has 154 valence electrons. The van der Waals surface area contributed by atoms with Crippen molar-refractivity contribution in [2.24, 2.45) is 0 Å². The molecule has 0 aliphatic carbocycles. The molecule has 1 N–H and O–H groups in total. The molecule has 0 saturated carbocycles. The summed E-state index contributed by atoms with van der Waals surface area (Å²) in [6, 6.07) is 10.6. The first-order valence-electron chi connectivity index (χ1n) is 9.39. The standard InChI is InChI=1S/C21H24N2O5S/c1-4-15-5-7-16(8-6-15)22-21(25)18-10-12-20(24)23(18)29(26,27)17-9-11-19(28-3)14(2)13-17/h5-9,11,13,18H,4,10,12H2,1-3H3,(H,22,25)/t18-/m0/s1.